The number of carbonyl (C=O) groups is 1. The predicted octanol–water partition coefficient (Wildman–Crippen LogP) is 1.41. The fourth-order valence-corrected chi connectivity index (χ4v) is 3.84. The molecule has 1 aliphatic heterocycles. The van der Waals surface area contributed by atoms with E-state index in [4.69, 9.17) is 9.84 Å². The average molecular weight is 327 g/mol. The Hall–Kier alpha value is -1.60. The highest BCUT2D eigenvalue weighted by Gasteiger charge is 2.23. The third-order valence-corrected chi connectivity index (χ3v) is 5.53. The number of anilines is 1. The van der Waals surface area contributed by atoms with Crippen molar-refractivity contribution in [2.75, 3.05) is 36.6 Å². The number of rotatable bonds is 6. The maximum atomic E-state index is 11.3. The summed E-state index contributed by atoms with van der Waals surface area (Å²) in [6.07, 6.45) is 1.11. The molecule has 1 aliphatic rings. The van der Waals surface area contributed by atoms with E-state index in [0.717, 1.165) is 5.69 Å². The van der Waals surface area contributed by atoms with Gasteiger partial charge in [0.1, 0.15) is 0 Å². The van der Waals surface area contributed by atoms with Crippen LogP contribution in [0.5, 0.6) is 0 Å². The summed E-state index contributed by atoms with van der Waals surface area (Å²) < 4.78 is 28.4. The van der Waals surface area contributed by atoms with Crippen molar-refractivity contribution < 1.29 is 23.1 Å². The normalized spacial score (nSPS) is 18.0. The summed E-state index contributed by atoms with van der Waals surface area (Å²) in [5.74, 6) is -0.544. The Kier molecular flexibility index (Phi) is 5.42. The van der Waals surface area contributed by atoms with E-state index >= 15 is 0 Å². The molecule has 1 saturated heterocycles. The summed E-state index contributed by atoms with van der Waals surface area (Å²) in [6.45, 7) is 1.10. The molecule has 2 rings (SSSR count). The number of hydrogen-bond donors (Lipinski definition) is 1. The zero-order valence-electron chi connectivity index (χ0n) is 12.6. The third-order valence-electron chi connectivity index (χ3n) is 3.82. The Morgan fingerprint density at radius 1 is 1.36 bits per heavy atom. The molecule has 1 heterocycles. The van der Waals surface area contributed by atoms with E-state index < -0.39 is 15.8 Å². The summed E-state index contributed by atoms with van der Waals surface area (Å²) >= 11 is 0. The highest BCUT2D eigenvalue weighted by atomic mass is 32.2. The van der Waals surface area contributed by atoms with Gasteiger partial charge in [0.15, 0.2) is 9.84 Å². The fraction of sp³-hybridized carbons (Fsp3) is 0.533. The smallest absolute Gasteiger partial charge is 0.335 e. The van der Waals surface area contributed by atoms with Gasteiger partial charge in [-0.1, -0.05) is 6.07 Å². The minimum atomic E-state index is -2.86. The van der Waals surface area contributed by atoms with Gasteiger partial charge in [0.2, 0.25) is 0 Å². The van der Waals surface area contributed by atoms with Crippen molar-refractivity contribution in [3.63, 3.8) is 0 Å². The molecule has 22 heavy (non-hydrogen) atoms. The van der Waals surface area contributed by atoms with Crippen LogP contribution in [0, 0.1) is 0 Å². The molecule has 0 atom stereocenters. The number of aromatic carboxylic acids is 1. The van der Waals surface area contributed by atoms with Gasteiger partial charge in [-0.15, -0.1) is 0 Å². The zero-order chi connectivity index (χ0) is 16.2. The van der Waals surface area contributed by atoms with E-state index in [1.54, 1.807) is 18.2 Å². The third kappa shape index (κ3) is 4.71. The average Bonchev–Trinajstić information content (AvgIpc) is 2.49. The second-order valence-electron chi connectivity index (χ2n) is 5.50. The van der Waals surface area contributed by atoms with Crippen LogP contribution in [0.1, 0.15) is 23.2 Å². The minimum Gasteiger partial charge on any atom is -0.478 e. The monoisotopic (exact) mass is 327 g/mol. The van der Waals surface area contributed by atoms with E-state index in [-0.39, 0.29) is 23.2 Å². The van der Waals surface area contributed by atoms with Crippen LogP contribution in [0.3, 0.4) is 0 Å². The molecule has 0 amide bonds. The van der Waals surface area contributed by atoms with Gasteiger partial charge in [-0.25, -0.2) is 13.2 Å². The lowest BCUT2D eigenvalue weighted by Gasteiger charge is -2.25. The van der Waals surface area contributed by atoms with Crippen LogP contribution in [0.2, 0.25) is 0 Å². The quantitative estimate of drug-likeness (QED) is 0.850. The van der Waals surface area contributed by atoms with Gasteiger partial charge in [0.25, 0.3) is 0 Å². The van der Waals surface area contributed by atoms with Crippen LogP contribution in [-0.2, 0) is 14.6 Å². The molecular formula is C15H21NO5S. The molecule has 122 valence electrons. The molecule has 0 bridgehead atoms. The molecule has 1 aromatic carbocycles. The Bertz CT molecular complexity index is 615. The molecule has 1 N–H and O–H groups in total. The fourth-order valence-electron chi connectivity index (χ4n) is 2.40. The summed E-state index contributed by atoms with van der Waals surface area (Å²) in [6, 6.07) is 6.73. The largest absolute Gasteiger partial charge is 0.478 e. The van der Waals surface area contributed by atoms with Crippen LogP contribution in [0.15, 0.2) is 24.3 Å². The molecule has 0 spiro atoms. The highest BCUT2D eigenvalue weighted by molar-refractivity contribution is 7.91. The number of hydrogen-bond acceptors (Lipinski definition) is 5. The number of ether oxygens (including phenoxy) is 1. The SMILES string of the molecule is CN(CCOC1CCS(=O)(=O)CC1)c1cccc(C(=O)O)c1. The molecule has 7 heteroatoms. The van der Waals surface area contributed by atoms with Crippen molar-refractivity contribution in [2.45, 2.75) is 18.9 Å². The first kappa shape index (κ1) is 16.8. The molecule has 0 radical (unpaired) electrons. The molecule has 0 aromatic heterocycles. The number of likely N-dealkylation sites (N-methyl/N-ethyl adjacent to an activating group) is 1. The van der Waals surface area contributed by atoms with Crippen molar-refractivity contribution in [2.24, 2.45) is 0 Å². The van der Waals surface area contributed by atoms with Crippen LogP contribution >= 0.6 is 0 Å². The zero-order valence-corrected chi connectivity index (χ0v) is 13.4. The maximum Gasteiger partial charge on any atom is 0.335 e. The minimum absolute atomic E-state index is 0.00211. The molecule has 1 aromatic rings. The first-order valence-corrected chi connectivity index (χ1v) is 9.06. The number of carboxylic acid groups (broad SMARTS) is 1. The van der Waals surface area contributed by atoms with E-state index in [1.807, 2.05) is 18.0 Å². The summed E-state index contributed by atoms with van der Waals surface area (Å²) in [5.41, 5.74) is 1.07. The molecule has 6 nitrogen and oxygen atoms in total. The van der Waals surface area contributed by atoms with Gasteiger partial charge in [-0.2, -0.15) is 0 Å². The van der Waals surface area contributed by atoms with Crippen LogP contribution in [-0.4, -0.2) is 57.3 Å². The van der Waals surface area contributed by atoms with E-state index in [1.165, 1.54) is 0 Å². The highest BCUT2D eigenvalue weighted by Crippen LogP contribution is 2.17. The van der Waals surface area contributed by atoms with Gasteiger partial charge in [0, 0.05) is 19.3 Å². The van der Waals surface area contributed by atoms with Crippen molar-refractivity contribution in [1.29, 1.82) is 0 Å². The van der Waals surface area contributed by atoms with Crippen molar-refractivity contribution in [3.8, 4) is 0 Å². The number of carboxylic acids is 1. The maximum absolute atomic E-state index is 11.3. The second kappa shape index (κ2) is 7.11. The Morgan fingerprint density at radius 2 is 2.05 bits per heavy atom. The molecular weight excluding hydrogens is 306 g/mol. The van der Waals surface area contributed by atoms with E-state index in [0.29, 0.717) is 26.0 Å². The lowest BCUT2D eigenvalue weighted by molar-refractivity contribution is 0.0519. The van der Waals surface area contributed by atoms with Crippen LogP contribution in [0.4, 0.5) is 5.69 Å². The van der Waals surface area contributed by atoms with Crippen molar-refractivity contribution in [1.82, 2.24) is 0 Å². The summed E-state index contributed by atoms with van der Waals surface area (Å²) in [5, 5.41) is 8.99. The Labute approximate surface area is 130 Å². The lowest BCUT2D eigenvalue weighted by Crippen LogP contribution is -2.31. The van der Waals surface area contributed by atoms with Gasteiger partial charge in [-0.3, -0.25) is 0 Å². The second-order valence-corrected chi connectivity index (χ2v) is 7.80. The lowest BCUT2D eigenvalue weighted by atomic mass is 10.2. The Morgan fingerprint density at radius 3 is 2.68 bits per heavy atom. The first-order chi connectivity index (χ1) is 10.4. The van der Waals surface area contributed by atoms with Gasteiger partial charge in [-0.05, 0) is 31.0 Å². The first-order valence-electron chi connectivity index (χ1n) is 7.24. The number of sulfone groups is 1. The predicted molar refractivity (Wildman–Crippen MR) is 84.3 cm³/mol. The van der Waals surface area contributed by atoms with E-state index in [2.05, 4.69) is 0 Å². The topological polar surface area (TPSA) is 83.9 Å². The molecule has 0 aliphatic carbocycles. The van der Waals surface area contributed by atoms with Crippen LogP contribution < -0.4 is 4.90 Å². The molecule has 0 saturated carbocycles. The van der Waals surface area contributed by atoms with Gasteiger partial charge >= 0.3 is 5.97 Å². The molecule has 0 unspecified atom stereocenters. The number of nitrogens with zero attached hydrogens (tertiary/aromatic N) is 1. The van der Waals surface area contributed by atoms with Gasteiger partial charge in [0.05, 0.1) is 29.8 Å². The Balaban J connectivity index is 1.79. The van der Waals surface area contributed by atoms with Gasteiger partial charge < -0.3 is 14.7 Å². The van der Waals surface area contributed by atoms with E-state index in [9.17, 15) is 13.2 Å². The molecule has 1 fully saturated rings. The van der Waals surface area contributed by atoms with Crippen molar-refractivity contribution >= 4 is 21.5 Å². The number of benzene rings is 1. The summed E-state index contributed by atoms with van der Waals surface area (Å²) in [7, 11) is -0.988. The standard InChI is InChI=1S/C15H21NO5S/c1-16(13-4-2-3-12(11-13)15(17)18)7-8-21-14-5-9-22(19,20)10-6-14/h2-4,11,14H,5-10H2,1H3,(H,17,18). The summed E-state index contributed by atoms with van der Waals surface area (Å²) in [4.78, 5) is 12.9. The van der Waals surface area contributed by atoms with Crippen LogP contribution in [0.25, 0.3) is 0 Å². The van der Waals surface area contributed by atoms with Crippen molar-refractivity contribution in [3.05, 3.63) is 29.8 Å².